The summed E-state index contributed by atoms with van der Waals surface area (Å²) in [5.74, 6) is 0.0993. The van der Waals surface area contributed by atoms with Crippen LogP contribution in [0.3, 0.4) is 0 Å². The minimum atomic E-state index is -3.65. The van der Waals surface area contributed by atoms with Crippen LogP contribution in [0.5, 0.6) is 5.75 Å². The number of ether oxygens (including phenoxy) is 1. The first-order valence-electron chi connectivity index (χ1n) is 7.95. The third kappa shape index (κ3) is 6.03. The summed E-state index contributed by atoms with van der Waals surface area (Å²) in [7, 11) is -3.65. The maximum absolute atomic E-state index is 12.4. The van der Waals surface area contributed by atoms with Gasteiger partial charge in [-0.2, -0.15) is 0 Å². The van der Waals surface area contributed by atoms with Crippen molar-refractivity contribution < 1.29 is 17.9 Å². The highest BCUT2D eigenvalue weighted by atomic mass is 79.9. The summed E-state index contributed by atoms with van der Waals surface area (Å²) < 4.78 is 31.9. The lowest BCUT2D eigenvalue weighted by atomic mass is 10.3. The molecular weight excluding hydrogens is 420 g/mol. The molecule has 0 atom stereocenters. The van der Waals surface area contributed by atoms with Crippen molar-refractivity contribution >= 4 is 43.2 Å². The summed E-state index contributed by atoms with van der Waals surface area (Å²) >= 11 is 3.33. The van der Waals surface area contributed by atoms with E-state index in [1.165, 1.54) is 0 Å². The van der Waals surface area contributed by atoms with E-state index in [9.17, 15) is 13.2 Å². The lowest BCUT2D eigenvalue weighted by Gasteiger charge is -2.22. The van der Waals surface area contributed by atoms with Crippen LogP contribution in [-0.2, 0) is 14.8 Å². The predicted molar refractivity (Wildman–Crippen MR) is 107 cm³/mol. The maximum atomic E-state index is 12.4. The SMILES string of the molecule is CC(C)Oc1cccc(N(CC(=O)Nc2cccc(Br)c2)S(C)(=O)=O)c1. The van der Waals surface area contributed by atoms with Gasteiger partial charge in [-0.15, -0.1) is 0 Å². The van der Waals surface area contributed by atoms with E-state index in [0.29, 0.717) is 17.1 Å². The molecule has 2 aromatic rings. The number of halogens is 1. The molecule has 0 radical (unpaired) electrons. The van der Waals surface area contributed by atoms with Gasteiger partial charge in [0.2, 0.25) is 15.9 Å². The Balaban J connectivity index is 2.22. The van der Waals surface area contributed by atoms with Gasteiger partial charge in [-0.3, -0.25) is 9.10 Å². The van der Waals surface area contributed by atoms with Gasteiger partial charge in [-0.05, 0) is 44.2 Å². The maximum Gasteiger partial charge on any atom is 0.245 e. The standard InChI is InChI=1S/C18H21BrN2O4S/c1-13(2)25-17-9-5-8-16(11-17)21(26(3,23)24)12-18(22)20-15-7-4-6-14(19)10-15/h4-11,13H,12H2,1-3H3,(H,20,22). The van der Waals surface area contributed by atoms with Crippen LogP contribution in [0.25, 0.3) is 0 Å². The zero-order chi connectivity index (χ0) is 19.3. The van der Waals surface area contributed by atoms with Crippen molar-refractivity contribution in [3.8, 4) is 5.75 Å². The van der Waals surface area contributed by atoms with E-state index in [0.717, 1.165) is 15.0 Å². The fourth-order valence-electron chi connectivity index (χ4n) is 2.28. The Bertz CT molecular complexity index is 884. The van der Waals surface area contributed by atoms with Gasteiger partial charge in [0.05, 0.1) is 18.0 Å². The number of amides is 1. The molecule has 0 heterocycles. The fraction of sp³-hybridized carbons (Fsp3) is 0.278. The van der Waals surface area contributed by atoms with Crippen LogP contribution in [0.4, 0.5) is 11.4 Å². The highest BCUT2D eigenvalue weighted by Crippen LogP contribution is 2.24. The van der Waals surface area contributed by atoms with Gasteiger partial charge in [0, 0.05) is 16.2 Å². The zero-order valence-corrected chi connectivity index (χ0v) is 17.2. The van der Waals surface area contributed by atoms with Crippen LogP contribution in [0.2, 0.25) is 0 Å². The number of benzene rings is 2. The molecule has 0 unspecified atom stereocenters. The monoisotopic (exact) mass is 440 g/mol. The van der Waals surface area contributed by atoms with Gasteiger partial charge in [-0.25, -0.2) is 8.42 Å². The Morgan fingerprint density at radius 1 is 1.19 bits per heavy atom. The quantitative estimate of drug-likeness (QED) is 0.712. The van der Waals surface area contributed by atoms with Crippen LogP contribution < -0.4 is 14.4 Å². The fourth-order valence-corrected chi connectivity index (χ4v) is 3.53. The van der Waals surface area contributed by atoms with Crippen molar-refractivity contribution in [2.75, 3.05) is 22.4 Å². The number of nitrogens with zero attached hydrogens (tertiary/aromatic N) is 1. The lowest BCUT2D eigenvalue weighted by molar-refractivity contribution is -0.114. The molecule has 0 bridgehead atoms. The largest absolute Gasteiger partial charge is 0.491 e. The summed E-state index contributed by atoms with van der Waals surface area (Å²) in [5.41, 5.74) is 0.949. The Hall–Kier alpha value is -2.06. The van der Waals surface area contributed by atoms with Crippen molar-refractivity contribution in [3.05, 3.63) is 53.0 Å². The lowest BCUT2D eigenvalue weighted by Crippen LogP contribution is -2.37. The highest BCUT2D eigenvalue weighted by molar-refractivity contribution is 9.10. The number of hydrogen-bond acceptors (Lipinski definition) is 4. The van der Waals surface area contributed by atoms with Crippen LogP contribution >= 0.6 is 15.9 Å². The summed E-state index contributed by atoms with van der Waals surface area (Å²) in [5, 5.41) is 2.70. The molecule has 0 aliphatic heterocycles. The van der Waals surface area contributed by atoms with Crippen LogP contribution in [-0.4, -0.2) is 33.2 Å². The Morgan fingerprint density at radius 3 is 2.50 bits per heavy atom. The van der Waals surface area contributed by atoms with Crippen LogP contribution in [0.15, 0.2) is 53.0 Å². The topological polar surface area (TPSA) is 75.7 Å². The Kier molecular flexibility index (Phi) is 6.66. The second kappa shape index (κ2) is 8.55. The number of rotatable bonds is 7. The first-order valence-corrected chi connectivity index (χ1v) is 10.6. The average molecular weight is 441 g/mol. The second-order valence-electron chi connectivity index (χ2n) is 5.99. The van der Waals surface area contributed by atoms with E-state index in [4.69, 9.17) is 4.74 Å². The molecule has 0 aliphatic rings. The van der Waals surface area contributed by atoms with E-state index in [-0.39, 0.29) is 12.6 Å². The van der Waals surface area contributed by atoms with E-state index in [1.807, 2.05) is 19.9 Å². The number of carbonyl (C=O) groups is 1. The van der Waals surface area contributed by atoms with Gasteiger partial charge in [-0.1, -0.05) is 28.1 Å². The molecule has 1 N–H and O–H groups in total. The Labute approximate surface area is 162 Å². The molecule has 26 heavy (non-hydrogen) atoms. The Morgan fingerprint density at radius 2 is 1.88 bits per heavy atom. The normalized spacial score (nSPS) is 11.3. The average Bonchev–Trinajstić information content (AvgIpc) is 2.51. The molecule has 0 spiro atoms. The van der Waals surface area contributed by atoms with E-state index < -0.39 is 15.9 Å². The van der Waals surface area contributed by atoms with Gasteiger partial charge in [0.15, 0.2) is 0 Å². The molecule has 6 nitrogen and oxygen atoms in total. The third-order valence-electron chi connectivity index (χ3n) is 3.27. The van der Waals surface area contributed by atoms with E-state index in [2.05, 4.69) is 21.2 Å². The number of carbonyl (C=O) groups excluding carboxylic acids is 1. The third-order valence-corrected chi connectivity index (χ3v) is 4.91. The number of hydrogen-bond donors (Lipinski definition) is 1. The molecule has 0 aliphatic carbocycles. The number of sulfonamides is 1. The zero-order valence-electron chi connectivity index (χ0n) is 14.8. The van der Waals surface area contributed by atoms with Gasteiger partial charge in [0.1, 0.15) is 12.3 Å². The molecule has 2 aromatic carbocycles. The van der Waals surface area contributed by atoms with Gasteiger partial charge >= 0.3 is 0 Å². The van der Waals surface area contributed by atoms with Crippen LogP contribution in [0.1, 0.15) is 13.8 Å². The number of anilines is 2. The first-order chi connectivity index (χ1) is 12.1. The predicted octanol–water partition coefficient (Wildman–Crippen LogP) is 3.64. The summed E-state index contributed by atoms with van der Waals surface area (Å²) in [6.45, 7) is 3.43. The van der Waals surface area contributed by atoms with Gasteiger partial charge < -0.3 is 10.1 Å². The molecule has 0 aromatic heterocycles. The summed E-state index contributed by atoms with van der Waals surface area (Å²) in [6.07, 6.45) is 1.02. The molecule has 0 fully saturated rings. The molecular formula is C18H21BrN2O4S. The molecule has 0 saturated carbocycles. The first kappa shape index (κ1) is 20.3. The highest BCUT2D eigenvalue weighted by Gasteiger charge is 2.21. The van der Waals surface area contributed by atoms with Crippen LogP contribution in [0, 0.1) is 0 Å². The smallest absolute Gasteiger partial charge is 0.245 e. The number of nitrogens with one attached hydrogen (secondary N) is 1. The summed E-state index contributed by atoms with van der Waals surface area (Å²) in [4.78, 5) is 12.4. The van der Waals surface area contributed by atoms with Crippen molar-refractivity contribution in [1.29, 1.82) is 0 Å². The molecule has 8 heteroatoms. The van der Waals surface area contributed by atoms with Crippen molar-refractivity contribution in [2.45, 2.75) is 20.0 Å². The van der Waals surface area contributed by atoms with Gasteiger partial charge in [0.25, 0.3) is 0 Å². The van der Waals surface area contributed by atoms with E-state index in [1.54, 1.807) is 42.5 Å². The van der Waals surface area contributed by atoms with Crippen molar-refractivity contribution in [3.63, 3.8) is 0 Å². The van der Waals surface area contributed by atoms with Crippen molar-refractivity contribution in [2.24, 2.45) is 0 Å². The molecule has 2 rings (SSSR count). The summed E-state index contributed by atoms with van der Waals surface area (Å²) in [6, 6.07) is 13.7. The minimum absolute atomic E-state index is 0.0447. The molecule has 0 saturated heterocycles. The minimum Gasteiger partial charge on any atom is -0.491 e. The molecule has 140 valence electrons. The van der Waals surface area contributed by atoms with Crippen molar-refractivity contribution in [1.82, 2.24) is 0 Å². The molecule has 1 amide bonds. The van der Waals surface area contributed by atoms with E-state index >= 15 is 0 Å². The second-order valence-corrected chi connectivity index (χ2v) is 8.81.